The topological polar surface area (TPSA) is 17.1 Å². The second-order valence-electron chi connectivity index (χ2n) is 3.48. The molecule has 0 saturated heterocycles. The zero-order valence-corrected chi connectivity index (χ0v) is 7.50. The van der Waals surface area contributed by atoms with E-state index in [0.717, 1.165) is 6.42 Å². The van der Waals surface area contributed by atoms with E-state index in [9.17, 15) is 4.79 Å². The molecule has 0 aliphatic heterocycles. The molecule has 1 rings (SSSR count). The van der Waals surface area contributed by atoms with Gasteiger partial charge in [0, 0.05) is 5.92 Å². The summed E-state index contributed by atoms with van der Waals surface area (Å²) in [6, 6.07) is 0. The lowest BCUT2D eigenvalue weighted by atomic mass is 9.76. The van der Waals surface area contributed by atoms with E-state index in [0.29, 0.717) is 17.6 Å². The third-order valence-corrected chi connectivity index (χ3v) is 2.80. The lowest BCUT2D eigenvalue weighted by Crippen LogP contribution is -2.27. The highest BCUT2D eigenvalue weighted by atomic mass is 16.1. The molecule has 3 unspecified atom stereocenters. The zero-order valence-electron chi connectivity index (χ0n) is 7.50. The number of hydrogen-bond donors (Lipinski definition) is 0. The second-order valence-corrected chi connectivity index (χ2v) is 3.48. The van der Waals surface area contributed by atoms with Gasteiger partial charge in [0.05, 0.1) is 0 Å². The number of rotatable bonds is 1. The Kier molecular flexibility index (Phi) is 2.48. The van der Waals surface area contributed by atoms with Gasteiger partial charge in [-0.15, -0.1) is 0 Å². The Morgan fingerprint density at radius 2 is 2.09 bits per heavy atom. The Hall–Kier alpha value is -0.590. The van der Waals surface area contributed by atoms with Gasteiger partial charge >= 0.3 is 0 Å². The van der Waals surface area contributed by atoms with Gasteiger partial charge in [-0.2, -0.15) is 0 Å². The normalized spacial score (nSPS) is 37.7. The standard InChI is InChI=1S/C10H16O/c1-4-9-7(2)5-6-10(11)8(9)3/h5-9H,4H2,1-3H3. The lowest BCUT2D eigenvalue weighted by molar-refractivity contribution is -0.120. The minimum absolute atomic E-state index is 0.236. The lowest BCUT2D eigenvalue weighted by Gasteiger charge is -2.28. The molecule has 0 aromatic rings. The van der Waals surface area contributed by atoms with Crippen LogP contribution in [0.5, 0.6) is 0 Å². The molecule has 0 N–H and O–H groups in total. The summed E-state index contributed by atoms with van der Waals surface area (Å²) < 4.78 is 0. The van der Waals surface area contributed by atoms with Gasteiger partial charge in [-0.25, -0.2) is 0 Å². The van der Waals surface area contributed by atoms with E-state index in [1.807, 2.05) is 13.0 Å². The molecule has 11 heavy (non-hydrogen) atoms. The fourth-order valence-corrected chi connectivity index (χ4v) is 1.93. The number of hydrogen-bond acceptors (Lipinski definition) is 1. The molecule has 3 atom stereocenters. The molecule has 1 aliphatic carbocycles. The van der Waals surface area contributed by atoms with Crippen molar-refractivity contribution in [3.63, 3.8) is 0 Å². The van der Waals surface area contributed by atoms with E-state index < -0.39 is 0 Å². The summed E-state index contributed by atoms with van der Waals surface area (Å²) in [6.45, 7) is 6.38. The van der Waals surface area contributed by atoms with E-state index in [1.165, 1.54) is 0 Å². The van der Waals surface area contributed by atoms with Crippen molar-refractivity contribution in [3.05, 3.63) is 12.2 Å². The Morgan fingerprint density at radius 3 is 2.55 bits per heavy atom. The summed E-state index contributed by atoms with van der Waals surface area (Å²) in [5.41, 5.74) is 0. The monoisotopic (exact) mass is 152 g/mol. The minimum atomic E-state index is 0.236. The first-order valence-electron chi connectivity index (χ1n) is 4.38. The summed E-state index contributed by atoms with van der Waals surface area (Å²) in [7, 11) is 0. The van der Waals surface area contributed by atoms with Crippen LogP contribution >= 0.6 is 0 Å². The van der Waals surface area contributed by atoms with Crippen LogP contribution in [-0.4, -0.2) is 5.78 Å². The zero-order chi connectivity index (χ0) is 8.43. The van der Waals surface area contributed by atoms with Crippen LogP contribution in [0.25, 0.3) is 0 Å². The fraction of sp³-hybridized carbons (Fsp3) is 0.700. The molecule has 0 fully saturated rings. The van der Waals surface area contributed by atoms with Crippen LogP contribution in [0.4, 0.5) is 0 Å². The highest BCUT2D eigenvalue weighted by Crippen LogP contribution is 2.29. The van der Waals surface area contributed by atoms with Crippen molar-refractivity contribution in [2.45, 2.75) is 27.2 Å². The van der Waals surface area contributed by atoms with Crippen molar-refractivity contribution in [1.82, 2.24) is 0 Å². The van der Waals surface area contributed by atoms with Gasteiger partial charge in [-0.3, -0.25) is 4.79 Å². The van der Waals surface area contributed by atoms with Crippen LogP contribution in [-0.2, 0) is 4.79 Å². The Morgan fingerprint density at radius 1 is 1.45 bits per heavy atom. The first kappa shape index (κ1) is 8.51. The third kappa shape index (κ3) is 1.52. The Balaban J connectivity index is 2.78. The number of ketones is 1. The highest BCUT2D eigenvalue weighted by molar-refractivity contribution is 5.92. The van der Waals surface area contributed by atoms with E-state index >= 15 is 0 Å². The largest absolute Gasteiger partial charge is 0.295 e. The number of carbonyl (C=O) groups is 1. The van der Waals surface area contributed by atoms with Crippen LogP contribution in [0, 0.1) is 17.8 Å². The molecular weight excluding hydrogens is 136 g/mol. The van der Waals surface area contributed by atoms with Crippen LogP contribution in [0.3, 0.4) is 0 Å². The van der Waals surface area contributed by atoms with Crippen LogP contribution in [0.2, 0.25) is 0 Å². The molecule has 0 heterocycles. The smallest absolute Gasteiger partial charge is 0.158 e. The van der Waals surface area contributed by atoms with Gasteiger partial charge in [0.1, 0.15) is 0 Å². The maximum Gasteiger partial charge on any atom is 0.158 e. The number of carbonyl (C=O) groups excluding carboxylic acids is 1. The van der Waals surface area contributed by atoms with Crippen molar-refractivity contribution in [3.8, 4) is 0 Å². The summed E-state index contributed by atoms with van der Waals surface area (Å²) in [5, 5.41) is 0. The van der Waals surface area contributed by atoms with Gasteiger partial charge in [-0.05, 0) is 17.9 Å². The van der Waals surface area contributed by atoms with Gasteiger partial charge in [-0.1, -0.05) is 33.3 Å². The van der Waals surface area contributed by atoms with Crippen molar-refractivity contribution in [2.24, 2.45) is 17.8 Å². The molecule has 0 spiro atoms. The Bertz CT molecular complexity index is 181. The summed E-state index contributed by atoms with van der Waals surface area (Å²) in [5.74, 6) is 1.68. The van der Waals surface area contributed by atoms with Crippen molar-refractivity contribution < 1.29 is 4.79 Å². The maximum atomic E-state index is 11.2. The van der Waals surface area contributed by atoms with Gasteiger partial charge < -0.3 is 0 Å². The van der Waals surface area contributed by atoms with Crippen LogP contribution in [0.15, 0.2) is 12.2 Å². The average molecular weight is 152 g/mol. The van der Waals surface area contributed by atoms with Crippen LogP contribution < -0.4 is 0 Å². The molecule has 0 aromatic heterocycles. The fourth-order valence-electron chi connectivity index (χ4n) is 1.93. The highest BCUT2D eigenvalue weighted by Gasteiger charge is 2.27. The second kappa shape index (κ2) is 3.21. The molecule has 0 saturated carbocycles. The molecule has 0 bridgehead atoms. The van der Waals surface area contributed by atoms with E-state index in [2.05, 4.69) is 13.8 Å². The van der Waals surface area contributed by atoms with Crippen LogP contribution in [0.1, 0.15) is 27.2 Å². The number of allylic oxidation sites excluding steroid dienone is 2. The summed E-state index contributed by atoms with van der Waals surface area (Å²) in [6.07, 6.45) is 4.89. The molecule has 0 radical (unpaired) electrons. The molecule has 1 nitrogen and oxygen atoms in total. The molecule has 1 aliphatic rings. The maximum absolute atomic E-state index is 11.2. The van der Waals surface area contributed by atoms with E-state index in [-0.39, 0.29) is 5.92 Å². The van der Waals surface area contributed by atoms with Gasteiger partial charge in [0.25, 0.3) is 0 Å². The summed E-state index contributed by atoms with van der Waals surface area (Å²) in [4.78, 5) is 11.2. The van der Waals surface area contributed by atoms with Crippen molar-refractivity contribution in [1.29, 1.82) is 0 Å². The first-order chi connectivity index (χ1) is 5.16. The molecule has 0 aromatic carbocycles. The predicted molar refractivity (Wildman–Crippen MR) is 46.3 cm³/mol. The molecular formula is C10H16O. The summed E-state index contributed by atoms with van der Waals surface area (Å²) >= 11 is 0. The predicted octanol–water partition coefficient (Wildman–Crippen LogP) is 2.42. The Labute approximate surface area is 68.5 Å². The van der Waals surface area contributed by atoms with Gasteiger partial charge in [0.15, 0.2) is 5.78 Å². The first-order valence-corrected chi connectivity index (χ1v) is 4.38. The van der Waals surface area contributed by atoms with Crippen molar-refractivity contribution in [2.75, 3.05) is 0 Å². The van der Waals surface area contributed by atoms with E-state index in [1.54, 1.807) is 6.08 Å². The minimum Gasteiger partial charge on any atom is -0.295 e. The van der Waals surface area contributed by atoms with Crippen molar-refractivity contribution >= 4 is 5.78 Å². The average Bonchev–Trinajstić information content (AvgIpc) is 1.99. The SMILES string of the molecule is CCC1C(C)C=CC(=O)C1C. The van der Waals surface area contributed by atoms with E-state index in [4.69, 9.17) is 0 Å². The molecule has 1 heteroatoms. The molecule has 62 valence electrons. The molecule has 0 amide bonds. The quantitative estimate of drug-likeness (QED) is 0.564. The third-order valence-electron chi connectivity index (χ3n) is 2.80. The van der Waals surface area contributed by atoms with Gasteiger partial charge in [0.2, 0.25) is 0 Å².